The Labute approximate surface area is 141 Å². The smallest absolute Gasteiger partial charge is 0.241 e. The fourth-order valence-electron chi connectivity index (χ4n) is 1.91. The monoisotopic (exact) mass is 410 g/mol. The lowest BCUT2D eigenvalue weighted by Gasteiger charge is -2.13. The van der Waals surface area contributed by atoms with Crippen LogP contribution >= 0.6 is 31.9 Å². The molecule has 2 aromatic carbocycles. The maximum Gasteiger partial charge on any atom is 0.241 e. The Morgan fingerprint density at radius 1 is 1.14 bits per heavy atom. The zero-order valence-electron chi connectivity index (χ0n) is 11.4. The molecular weight excluding hydrogens is 396 g/mol. The van der Waals surface area contributed by atoms with Gasteiger partial charge in [-0.05, 0) is 52.5 Å². The second-order valence-corrected chi connectivity index (χ2v) is 6.51. The molecule has 3 N–H and O–H groups in total. The molecule has 110 valence electrons. The molecule has 2 rings (SSSR count). The van der Waals surface area contributed by atoms with Crippen molar-refractivity contribution in [1.82, 2.24) is 0 Å². The van der Waals surface area contributed by atoms with E-state index in [1.165, 1.54) is 5.56 Å². The summed E-state index contributed by atoms with van der Waals surface area (Å²) < 4.78 is 1.77. The van der Waals surface area contributed by atoms with Gasteiger partial charge in [-0.1, -0.05) is 46.3 Å². The summed E-state index contributed by atoms with van der Waals surface area (Å²) in [6.45, 7) is 0. The van der Waals surface area contributed by atoms with Crippen molar-refractivity contribution >= 4 is 43.5 Å². The molecule has 0 spiro atoms. The van der Waals surface area contributed by atoms with Crippen molar-refractivity contribution < 1.29 is 4.79 Å². The first-order valence-electron chi connectivity index (χ1n) is 6.61. The molecule has 1 unspecified atom stereocenters. The maximum atomic E-state index is 12.1. The molecule has 21 heavy (non-hydrogen) atoms. The van der Waals surface area contributed by atoms with Gasteiger partial charge in [0.1, 0.15) is 0 Å². The van der Waals surface area contributed by atoms with Crippen molar-refractivity contribution in [3.05, 3.63) is 63.0 Å². The lowest BCUT2D eigenvalue weighted by Crippen LogP contribution is -2.36. The second kappa shape index (κ2) is 7.73. The summed E-state index contributed by atoms with van der Waals surface area (Å²) in [5.74, 6) is -0.172. The molecule has 0 fully saturated rings. The molecule has 1 amide bonds. The minimum absolute atomic E-state index is 0.172. The Hall–Kier alpha value is -1.17. The number of nitrogens with two attached hydrogens (primary N) is 1. The van der Waals surface area contributed by atoms with E-state index < -0.39 is 6.04 Å². The zero-order valence-corrected chi connectivity index (χ0v) is 14.5. The van der Waals surface area contributed by atoms with Gasteiger partial charge in [-0.25, -0.2) is 0 Å². The van der Waals surface area contributed by atoms with Gasteiger partial charge in [0.25, 0.3) is 0 Å². The van der Waals surface area contributed by atoms with E-state index in [0.29, 0.717) is 6.42 Å². The highest BCUT2D eigenvalue weighted by molar-refractivity contribution is 9.11. The molecule has 0 aliphatic carbocycles. The molecule has 1 atom stereocenters. The average molecular weight is 412 g/mol. The minimum atomic E-state index is -0.527. The molecule has 0 bridgehead atoms. The van der Waals surface area contributed by atoms with Crippen LogP contribution in [0.5, 0.6) is 0 Å². The van der Waals surface area contributed by atoms with E-state index >= 15 is 0 Å². The Bertz CT molecular complexity index is 617. The van der Waals surface area contributed by atoms with Gasteiger partial charge >= 0.3 is 0 Å². The van der Waals surface area contributed by atoms with Crippen LogP contribution in [0.25, 0.3) is 0 Å². The Balaban J connectivity index is 1.90. The van der Waals surface area contributed by atoms with Crippen LogP contribution in [0.2, 0.25) is 0 Å². The largest absolute Gasteiger partial charge is 0.324 e. The molecule has 2 aromatic rings. The standard InChI is InChI=1S/C16H16Br2N2O/c17-12-7-9-15(13(18)10-12)20-16(21)14(19)8-6-11-4-2-1-3-5-11/h1-5,7,9-10,14H,6,8,19H2,(H,20,21). The molecule has 0 saturated heterocycles. The highest BCUT2D eigenvalue weighted by Crippen LogP contribution is 2.26. The third kappa shape index (κ3) is 4.95. The molecule has 5 heteroatoms. The van der Waals surface area contributed by atoms with Gasteiger partial charge in [0.2, 0.25) is 5.91 Å². The summed E-state index contributed by atoms with van der Waals surface area (Å²) >= 11 is 6.79. The highest BCUT2D eigenvalue weighted by atomic mass is 79.9. The number of aryl methyl sites for hydroxylation is 1. The number of halogens is 2. The second-order valence-electron chi connectivity index (χ2n) is 4.74. The van der Waals surface area contributed by atoms with Gasteiger partial charge in [-0.2, -0.15) is 0 Å². The summed E-state index contributed by atoms with van der Waals surface area (Å²) in [5.41, 5.74) is 7.86. The summed E-state index contributed by atoms with van der Waals surface area (Å²) in [7, 11) is 0. The van der Waals surface area contributed by atoms with Crippen molar-refractivity contribution in [3.8, 4) is 0 Å². The number of rotatable bonds is 5. The van der Waals surface area contributed by atoms with Gasteiger partial charge in [0, 0.05) is 8.95 Å². The number of carbonyl (C=O) groups excluding carboxylic acids is 1. The van der Waals surface area contributed by atoms with E-state index in [4.69, 9.17) is 5.73 Å². The van der Waals surface area contributed by atoms with E-state index in [2.05, 4.69) is 37.2 Å². The third-order valence-electron chi connectivity index (χ3n) is 3.11. The van der Waals surface area contributed by atoms with Gasteiger partial charge in [0.05, 0.1) is 11.7 Å². The van der Waals surface area contributed by atoms with Crippen LogP contribution in [-0.4, -0.2) is 11.9 Å². The summed E-state index contributed by atoms with van der Waals surface area (Å²) in [6.07, 6.45) is 1.40. The maximum absolute atomic E-state index is 12.1. The van der Waals surface area contributed by atoms with E-state index in [1.54, 1.807) is 0 Å². The SMILES string of the molecule is NC(CCc1ccccc1)C(=O)Nc1ccc(Br)cc1Br. The number of carbonyl (C=O) groups is 1. The number of hydrogen-bond acceptors (Lipinski definition) is 2. The van der Waals surface area contributed by atoms with E-state index in [1.807, 2.05) is 48.5 Å². The molecule has 3 nitrogen and oxygen atoms in total. The van der Waals surface area contributed by atoms with Gasteiger partial charge in [-0.15, -0.1) is 0 Å². The molecule has 0 aliphatic rings. The lowest BCUT2D eigenvalue weighted by molar-refractivity contribution is -0.117. The van der Waals surface area contributed by atoms with Crippen LogP contribution in [0.3, 0.4) is 0 Å². The Morgan fingerprint density at radius 2 is 1.86 bits per heavy atom. The van der Waals surface area contributed by atoms with E-state index in [9.17, 15) is 4.79 Å². The fraction of sp³-hybridized carbons (Fsp3) is 0.188. The van der Waals surface area contributed by atoms with Crippen LogP contribution in [-0.2, 0) is 11.2 Å². The molecule has 0 aromatic heterocycles. The summed E-state index contributed by atoms with van der Waals surface area (Å²) in [4.78, 5) is 12.1. The Morgan fingerprint density at radius 3 is 2.52 bits per heavy atom. The van der Waals surface area contributed by atoms with E-state index in [-0.39, 0.29) is 5.91 Å². The van der Waals surface area contributed by atoms with Crippen molar-refractivity contribution in [2.45, 2.75) is 18.9 Å². The predicted octanol–water partition coefficient (Wildman–Crippen LogP) is 4.11. The number of benzene rings is 2. The van der Waals surface area contributed by atoms with Crippen LogP contribution in [0, 0.1) is 0 Å². The first kappa shape index (κ1) is 16.2. The predicted molar refractivity (Wildman–Crippen MR) is 93.2 cm³/mol. The summed E-state index contributed by atoms with van der Waals surface area (Å²) in [6, 6.07) is 15.1. The number of nitrogens with one attached hydrogen (secondary N) is 1. The normalized spacial score (nSPS) is 12.0. The third-order valence-corrected chi connectivity index (χ3v) is 4.26. The molecule has 0 aliphatic heterocycles. The minimum Gasteiger partial charge on any atom is -0.324 e. The molecule has 0 heterocycles. The van der Waals surface area contributed by atoms with Gasteiger partial charge in [0.15, 0.2) is 0 Å². The molecule has 0 saturated carbocycles. The zero-order chi connectivity index (χ0) is 15.2. The van der Waals surface area contributed by atoms with Crippen LogP contribution in [0.15, 0.2) is 57.5 Å². The van der Waals surface area contributed by atoms with Crippen LogP contribution in [0.4, 0.5) is 5.69 Å². The quantitative estimate of drug-likeness (QED) is 0.777. The fourth-order valence-corrected chi connectivity index (χ4v) is 3.06. The van der Waals surface area contributed by atoms with Crippen molar-refractivity contribution in [2.24, 2.45) is 5.73 Å². The van der Waals surface area contributed by atoms with Gasteiger partial charge < -0.3 is 11.1 Å². The average Bonchev–Trinajstić information content (AvgIpc) is 2.48. The van der Waals surface area contributed by atoms with Gasteiger partial charge in [-0.3, -0.25) is 4.79 Å². The number of anilines is 1. The first-order chi connectivity index (χ1) is 10.1. The molecular formula is C16H16Br2N2O. The number of hydrogen-bond donors (Lipinski definition) is 2. The summed E-state index contributed by atoms with van der Waals surface area (Å²) in [5, 5.41) is 2.84. The van der Waals surface area contributed by atoms with Crippen molar-refractivity contribution in [1.29, 1.82) is 0 Å². The lowest BCUT2D eigenvalue weighted by atomic mass is 10.1. The topological polar surface area (TPSA) is 55.1 Å². The highest BCUT2D eigenvalue weighted by Gasteiger charge is 2.14. The van der Waals surface area contributed by atoms with Crippen molar-refractivity contribution in [3.63, 3.8) is 0 Å². The first-order valence-corrected chi connectivity index (χ1v) is 8.20. The number of amides is 1. The van der Waals surface area contributed by atoms with E-state index in [0.717, 1.165) is 21.1 Å². The van der Waals surface area contributed by atoms with Crippen LogP contribution < -0.4 is 11.1 Å². The molecule has 0 radical (unpaired) electrons. The van der Waals surface area contributed by atoms with Crippen LogP contribution in [0.1, 0.15) is 12.0 Å². The van der Waals surface area contributed by atoms with Crippen molar-refractivity contribution in [2.75, 3.05) is 5.32 Å². The Kier molecular flexibility index (Phi) is 5.96.